The largest absolute Gasteiger partial charge is 0.495 e. The summed E-state index contributed by atoms with van der Waals surface area (Å²) in [7, 11) is 1.52. The highest BCUT2D eigenvalue weighted by atomic mass is 32.1. The number of hydrogen-bond donors (Lipinski definition) is 3. The Morgan fingerprint density at radius 2 is 2.09 bits per heavy atom. The molecule has 0 fully saturated rings. The first kappa shape index (κ1) is 17.0. The number of methoxy groups -OCH3 is 1. The summed E-state index contributed by atoms with van der Waals surface area (Å²) in [4.78, 5) is 24.5. The molecule has 0 saturated heterocycles. The minimum atomic E-state index is -0.189. The highest BCUT2D eigenvalue weighted by Gasteiger charge is 2.11. The second kappa shape index (κ2) is 8.30. The van der Waals surface area contributed by atoms with Crippen LogP contribution in [0.3, 0.4) is 0 Å². The van der Waals surface area contributed by atoms with Gasteiger partial charge < -0.3 is 21.1 Å². The van der Waals surface area contributed by atoms with Gasteiger partial charge in [-0.1, -0.05) is 6.07 Å². The molecule has 0 atom stereocenters. The molecule has 0 aliphatic carbocycles. The summed E-state index contributed by atoms with van der Waals surface area (Å²) < 4.78 is 5.23. The molecule has 23 heavy (non-hydrogen) atoms. The van der Waals surface area contributed by atoms with E-state index in [1.54, 1.807) is 24.3 Å². The van der Waals surface area contributed by atoms with Crippen LogP contribution in [0.2, 0.25) is 0 Å². The smallest absolute Gasteiger partial charge is 0.265 e. The van der Waals surface area contributed by atoms with Crippen LogP contribution in [0.1, 0.15) is 22.5 Å². The fraction of sp³-hybridized carbons (Fsp3) is 0.250. The molecule has 2 aromatic rings. The molecule has 4 N–H and O–H groups in total. The first-order valence-corrected chi connectivity index (χ1v) is 8.05. The SMILES string of the molecule is COc1ccc(NC(=O)c2cccs2)cc1NC(=O)CCCN. The Labute approximate surface area is 138 Å². The van der Waals surface area contributed by atoms with Gasteiger partial charge in [0.2, 0.25) is 5.91 Å². The zero-order valence-corrected chi connectivity index (χ0v) is 13.6. The van der Waals surface area contributed by atoms with Crippen LogP contribution in [0, 0.1) is 0 Å². The zero-order chi connectivity index (χ0) is 16.7. The van der Waals surface area contributed by atoms with E-state index in [1.165, 1.54) is 18.4 Å². The zero-order valence-electron chi connectivity index (χ0n) is 12.8. The van der Waals surface area contributed by atoms with Crippen molar-refractivity contribution in [2.45, 2.75) is 12.8 Å². The van der Waals surface area contributed by atoms with E-state index in [1.807, 2.05) is 11.4 Å². The van der Waals surface area contributed by atoms with Crippen molar-refractivity contribution in [3.63, 3.8) is 0 Å². The van der Waals surface area contributed by atoms with Crippen LogP contribution in [-0.4, -0.2) is 25.5 Å². The van der Waals surface area contributed by atoms with Crippen molar-refractivity contribution in [3.8, 4) is 5.75 Å². The van der Waals surface area contributed by atoms with Gasteiger partial charge >= 0.3 is 0 Å². The van der Waals surface area contributed by atoms with Gasteiger partial charge in [0.1, 0.15) is 5.75 Å². The first-order valence-electron chi connectivity index (χ1n) is 7.17. The molecule has 0 aliphatic heterocycles. The number of amides is 2. The van der Waals surface area contributed by atoms with Crippen LogP contribution in [0.25, 0.3) is 0 Å². The monoisotopic (exact) mass is 333 g/mol. The third kappa shape index (κ3) is 4.80. The lowest BCUT2D eigenvalue weighted by Gasteiger charge is -2.12. The number of carbonyl (C=O) groups is 2. The van der Waals surface area contributed by atoms with E-state index in [-0.39, 0.29) is 11.8 Å². The van der Waals surface area contributed by atoms with E-state index in [4.69, 9.17) is 10.5 Å². The Kier molecular flexibility index (Phi) is 6.13. The maximum Gasteiger partial charge on any atom is 0.265 e. The van der Waals surface area contributed by atoms with Crippen LogP contribution >= 0.6 is 11.3 Å². The summed E-state index contributed by atoms with van der Waals surface area (Å²) in [6.45, 7) is 0.460. The van der Waals surface area contributed by atoms with Gasteiger partial charge in [-0.05, 0) is 42.6 Å². The van der Waals surface area contributed by atoms with Gasteiger partial charge in [-0.3, -0.25) is 9.59 Å². The molecule has 1 heterocycles. The number of benzene rings is 1. The number of nitrogens with one attached hydrogen (secondary N) is 2. The number of carbonyl (C=O) groups excluding carboxylic acids is 2. The molecule has 0 unspecified atom stereocenters. The van der Waals surface area contributed by atoms with Gasteiger partial charge in [-0.15, -0.1) is 11.3 Å². The van der Waals surface area contributed by atoms with Crippen molar-refractivity contribution in [1.82, 2.24) is 0 Å². The van der Waals surface area contributed by atoms with Crippen LogP contribution in [0.15, 0.2) is 35.7 Å². The lowest BCUT2D eigenvalue weighted by atomic mass is 10.2. The Hall–Kier alpha value is -2.38. The summed E-state index contributed by atoms with van der Waals surface area (Å²) >= 11 is 1.36. The standard InChI is InChI=1S/C16H19N3O3S/c1-22-13-7-6-11(18-16(21)14-4-3-9-23-14)10-12(13)19-15(20)5-2-8-17/h3-4,6-7,9-10H,2,5,8,17H2,1H3,(H,18,21)(H,19,20). The van der Waals surface area contributed by atoms with E-state index in [9.17, 15) is 9.59 Å². The van der Waals surface area contributed by atoms with Gasteiger partial charge in [0.25, 0.3) is 5.91 Å². The molecular formula is C16H19N3O3S. The Morgan fingerprint density at radius 1 is 1.26 bits per heavy atom. The summed E-state index contributed by atoms with van der Waals surface area (Å²) in [6, 6.07) is 8.66. The maximum atomic E-state index is 12.1. The molecule has 1 aromatic heterocycles. The van der Waals surface area contributed by atoms with Gasteiger partial charge in [0.15, 0.2) is 0 Å². The van der Waals surface area contributed by atoms with Crippen LogP contribution in [0.5, 0.6) is 5.75 Å². The highest BCUT2D eigenvalue weighted by molar-refractivity contribution is 7.12. The van der Waals surface area contributed by atoms with E-state index in [2.05, 4.69) is 10.6 Å². The number of nitrogens with two attached hydrogens (primary N) is 1. The fourth-order valence-electron chi connectivity index (χ4n) is 1.96. The Balaban J connectivity index is 2.11. The van der Waals surface area contributed by atoms with E-state index >= 15 is 0 Å². The van der Waals surface area contributed by atoms with E-state index < -0.39 is 0 Å². The molecule has 6 nitrogen and oxygen atoms in total. The molecule has 0 bridgehead atoms. The van der Waals surface area contributed by atoms with Crippen molar-refractivity contribution in [1.29, 1.82) is 0 Å². The molecule has 7 heteroatoms. The molecular weight excluding hydrogens is 314 g/mol. The Bertz CT molecular complexity index is 671. The second-order valence-electron chi connectivity index (χ2n) is 4.79. The van der Waals surface area contributed by atoms with Crippen molar-refractivity contribution in [3.05, 3.63) is 40.6 Å². The average Bonchev–Trinajstić information content (AvgIpc) is 3.08. The topological polar surface area (TPSA) is 93.5 Å². The van der Waals surface area contributed by atoms with Crippen LogP contribution in [0.4, 0.5) is 11.4 Å². The summed E-state index contributed by atoms with van der Waals surface area (Å²) in [5.74, 6) is 0.196. The summed E-state index contributed by atoms with van der Waals surface area (Å²) in [6.07, 6.45) is 0.953. The van der Waals surface area contributed by atoms with Crippen molar-refractivity contribution < 1.29 is 14.3 Å². The summed E-state index contributed by atoms with van der Waals surface area (Å²) in [5, 5.41) is 7.41. The lowest BCUT2D eigenvalue weighted by molar-refractivity contribution is -0.116. The Morgan fingerprint density at radius 3 is 2.74 bits per heavy atom. The molecule has 2 amide bonds. The number of rotatable bonds is 7. The number of thiophene rings is 1. The van der Waals surface area contributed by atoms with E-state index in [0.717, 1.165) is 0 Å². The number of anilines is 2. The van der Waals surface area contributed by atoms with E-state index in [0.29, 0.717) is 41.4 Å². The molecule has 0 aliphatic rings. The number of hydrogen-bond acceptors (Lipinski definition) is 5. The molecule has 122 valence electrons. The second-order valence-corrected chi connectivity index (χ2v) is 5.73. The molecule has 0 radical (unpaired) electrons. The van der Waals surface area contributed by atoms with Gasteiger partial charge in [0.05, 0.1) is 17.7 Å². The third-order valence-electron chi connectivity index (χ3n) is 3.08. The van der Waals surface area contributed by atoms with Crippen LogP contribution < -0.4 is 21.1 Å². The van der Waals surface area contributed by atoms with Gasteiger partial charge in [0, 0.05) is 12.1 Å². The average molecular weight is 333 g/mol. The fourth-order valence-corrected chi connectivity index (χ4v) is 2.58. The third-order valence-corrected chi connectivity index (χ3v) is 3.95. The first-order chi connectivity index (χ1) is 11.1. The number of ether oxygens (including phenoxy) is 1. The summed E-state index contributed by atoms with van der Waals surface area (Å²) in [5.41, 5.74) is 6.49. The predicted octanol–water partition coefficient (Wildman–Crippen LogP) is 2.69. The van der Waals surface area contributed by atoms with Crippen molar-refractivity contribution in [2.24, 2.45) is 5.73 Å². The van der Waals surface area contributed by atoms with Crippen LogP contribution in [-0.2, 0) is 4.79 Å². The van der Waals surface area contributed by atoms with Gasteiger partial charge in [-0.25, -0.2) is 0 Å². The minimum absolute atomic E-state index is 0.143. The molecule has 0 saturated carbocycles. The predicted molar refractivity (Wildman–Crippen MR) is 92.2 cm³/mol. The normalized spacial score (nSPS) is 10.2. The molecule has 1 aromatic carbocycles. The van der Waals surface area contributed by atoms with Crippen molar-refractivity contribution in [2.75, 3.05) is 24.3 Å². The lowest BCUT2D eigenvalue weighted by Crippen LogP contribution is -2.15. The van der Waals surface area contributed by atoms with Crippen molar-refractivity contribution >= 4 is 34.5 Å². The minimum Gasteiger partial charge on any atom is -0.495 e. The maximum absolute atomic E-state index is 12.1. The molecule has 0 spiro atoms. The van der Waals surface area contributed by atoms with Gasteiger partial charge in [-0.2, -0.15) is 0 Å². The molecule has 2 rings (SSSR count). The quantitative estimate of drug-likeness (QED) is 0.726. The highest BCUT2D eigenvalue weighted by Crippen LogP contribution is 2.28.